The second kappa shape index (κ2) is 4.14. The SMILES string of the molecule is COC(=O)c1cc2ccc(I)cc2cn1. The van der Waals surface area contributed by atoms with Gasteiger partial charge in [0.15, 0.2) is 0 Å². The van der Waals surface area contributed by atoms with Crippen molar-refractivity contribution in [3.05, 3.63) is 39.7 Å². The Morgan fingerprint density at radius 1 is 1.33 bits per heavy atom. The fourth-order valence-electron chi connectivity index (χ4n) is 1.33. The van der Waals surface area contributed by atoms with E-state index in [9.17, 15) is 4.79 Å². The monoisotopic (exact) mass is 313 g/mol. The maximum Gasteiger partial charge on any atom is 0.356 e. The van der Waals surface area contributed by atoms with Gasteiger partial charge in [0.05, 0.1) is 7.11 Å². The Bertz CT molecular complexity index is 525. The molecule has 3 nitrogen and oxygen atoms in total. The van der Waals surface area contributed by atoms with Gasteiger partial charge in [-0.1, -0.05) is 6.07 Å². The minimum Gasteiger partial charge on any atom is -0.464 e. The van der Waals surface area contributed by atoms with Crippen molar-refractivity contribution in [2.75, 3.05) is 7.11 Å². The van der Waals surface area contributed by atoms with E-state index in [1.807, 2.05) is 18.2 Å². The normalized spacial score (nSPS) is 10.3. The van der Waals surface area contributed by atoms with E-state index in [1.54, 1.807) is 12.3 Å². The molecule has 0 amide bonds. The number of carbonyl (C=O) groups is 1. The van der Waals surface area contributed by atoms with Crippen molar-refractivity contribution in [3.8, 4) is 0 Å². The van der Waals surface area contributed by atoms with Crippen molar-refractivity contribution < 1.29 is 9.53 Å². The highest BCUT2D eigenvalue weighted by molar-refractivity contribution is 14.1. The molecule has 4 heteroatoms. The van der Waals surface area contributed by atoms with Crippen molar-refractivity contribution in [1.29, 1.82) is 0 Å². The van der Waals surface area contributed by atoms with Crippen LogP contribution in [0.25, 0.3) is 10.8 Å². The fraction of sp³-hybridized carbons (Fsp3) is 0.0909. The molecule has 0 fully saturated rings. The van der Waals surface area contributed by atoms with Gasteiger partial charge in [-0.3, -0.25) is 0 Å². The second-order valence-electron chi connectivity index (χ2n) is 3.05. The molecule has 0 atom stereocenters. The Morgan fingerprint density at radius 2 is 2.13 bits per heavy atom. The number of rotatable bonds is 1. The Morgan fingerprint density at radius 3 is 2.87 bits per heavy atom. The minimum atomic E-state index is -0.407. The predicted octanol–water partition coefficient (Wildman–Crippen LogP) is 2.63. The van der Waals surface area contributed by atoms with Crippen LogP contribution in [0.15, 0.2) is 30.5 Å². The average molecular weight is 313 g/mol. The lowest BCUT2D eigenvalue weighted by atomic mass is 10.1. The molecular formula is C11H8INO2. The van der Waals surface area contributed by atoms with Gasteiger partial charge in [-0.2, -0.15) is 0 Å². The summed E-state index contributed by atoms with van der Waals surface area (Å²) in [7, 11) is 1.35. The van der Waals surface area contributed by atoms with Gasteiger partial charge in [0.25, 0.3) is 0 Å². The van der Waals surface area contributed by atoms with Gasteiger partial charge in [0.2, 0.25) is 0 Å². The lowest BCUT2D eigenvalue weighted by molar-refractivity contribution is 0.0594. The average Bonchev–Trinajstić information content (AvgIpc) is 2.27. The summed E-state index contributed by atoms with van der Waals surface area (Å²) in [5, 5.41) is 2.01. The van der Waals surface area contributed by atoms with Crippen molar-refractivity contribution >= 4 is 39.3 Å². The number of aromatic nitrogens is 1. The number of hydrogen-bond acceptors (Lipinski definition) is 3. The molecule has 0 saturated carbocycles. The minimum absolute atomic E-state index is 0.339. The van der Waals surface area contributed by atoms with Crippen molar-refractivity contribution in [3.63, 3.8) is 0 Å². The molecule has 0 radical (unpaired) electrons. The zero-order valence-electron chi connectivity index (χ0n) is 8.03. The maximum absolute atomic E-state index is 11.2. The number of esters is 1. The summed E-state index contributed by atoms with van der Waals surface area (Å²) < 4.78 is 5.75. The number of pyridine rings is 1. The summed E-state index contributed by atoms with van der Waals surface area (Å²) in [5.74, 6) is -0.407. The first kappa shape index (κ1) is 10.4. The van der Waals surface area contributed by atoms with E-state index in [0.717, 1.165) is 14.3 Å². The summed E-state index contributed by atoms with van der Waals surface area (Å²) in [4.78, 5) is 15.3. The summed E-state index contributed by atoms with van der Waals surface area (Å²) >= 11 is 2.24. The summed E-state index contributed by atoms with van der Waals surface area (Å²) in [6, 6.07) is 7.70. The van der Waals surface area contributed by atoms with Crippen LogP contribution in [0.3, 0.4) is 0 Å². The van der Waals surface area contributed by atoms with E-state index in [-0.39, 0.29) is 0 Å². The highest BCUT2D eigenvalue weighted by Crippen LogP contribution is 2.17. The number of nitrogens with zero attached hydrogens (tertiary/aromatic N) is 1. The van der Waals surface area contributed by atoms with Crippen LogP contribution >= 0.6 is 22.6 Å². The molecule has 0 aliphatic rings. The molecule has 0 aliphatic heterocycles. The predicted molar refractivity (Wildman–Crippen MR) is 65.8 cm³/mol. The molecule has 0 aliphatic carbocycles. The van der Waals surface area contributed by atoms with Crippen LogP contribution in [0.5, 0.6) is 0 Å². The number of hydrogen-bond donors (Lipinski definition) is 0. The van der Waals surface area contributed by atoms with Gasteiger partial charge < -0.3 is 4.74 Å². The Hall–Kier alpha value is -1.17. The van der Waals surface area contributed by atoms with Crippen LogP contribution in [-0.4, -0.2) is 18.1 Å². The highest BCUT2D eigenvalue weighted by atomic mass is 127. The first-order valence-corrected chi connectivity index (χ1v) is 5.42. The van der Waals surface area contributed by atoms with Crippen LogP contribution in [0.1, 0.15) is 10.5 Å². The molecule has 0 spiro atoms. The van der Waals surface area contributed by atoms with E-state index in [4.69, 9.17) is 0 Å². The maximum atomic E-state index is 11.2. The lowest BCUT2D eigenvalue weighted by Crippen LogP contribution is -2.03. The summed E-state index contributed by atoms with van der Waals surface area (Å²) in [5.41, 5.74) is 0.339. The molecule has 1 aromatic heterocycles. The topological polar surface area (TPSA) is 39.2 Å². The largest absolute Gasteiger partial charge is 0.464 e. The van der Waals surface area contributed by atoms with Crippen LogP contribution in [-0.2, 0) is 4.74 Å². The smallest absolute Gasteiger partial charge is 0.356 e. The number of fused-ring (bicyclic) bond motifs is 1. The third-order valence-corrected chi connectivity index (χ3v) is 2.75. The van der Waals surface area contributed by atoms with Gasteiger partial charge >= 0.3 is 5.97 Å². The quantitative estimate of drug-likeness (QED) is 0.600. The van der Waals surface area contributed by atoms with Gasteiger partial charge in [-0.25, -0.2) is 9.78 Å². The van der Waals surface area contributed by atoms with Crippen molar-refractivity contribution in [2.24, 2.45) is 0 Å². The zero-order chi connectivity index (χ0) is 10.8. The standard InChI is InChI=1S/C11H8INO2/c1-15-11(14)10-5-7-2-3-9(12)4-8(7)6-13-10/h2-6H,1H3. The van der Waals surface area contributed by atoms with Crippen molar-refractivity contribution in [2.45, 2.75) is 0 Å². The highest BCUT2D eigenvalue weighted by Gasteiger charge is 2.07. The van der Waals surface area contributed by atoms with E-state index >= 15 is 0 Å². The molecule has 0 N–H and O–H groups in total. The lowest BCUT2D eigenvalue weighted by Gasteiger charge is -2.01. The third kappa shape index (κ3) is 2.09. The molecule has 0 saturated heterocycles. The number of ether oxygens (including phenoxy) is 1. The first-order valence-electron chi connectivity index (χ1n) is 4.34. The Kier molecular flexibility index (Phi) is 2.86. The molecule has 2 aromatic rings. The number of methoxy groups -OCH3 is 1. The molecule has 2 rings (SSSR count). The molecule has 76 valence electrons. The molecule has 0 bridgehead atoms. The van der Waals surface area contributed by atoms with Crippen molar-refractivity contribution in [1.82, 2.24) is 4.98 Å². The Balaban J connectivity index is 2.57. The van der Waals surface area contributed by atoms with Gasteiger partial charge in [-0.15, -0.1) is 0 Å². The Labute approximate surface area is 101 Å². The van der Waals surface area contributed by atoms with E-state index in [1.165, 1.54) is 7.11 Å². The summed E-state index contributed by atoms with van der Waals surface area (Å²) in [6.07, 6.45) is 1.68. The van der Waals surface area contributed by atoms with Crippen LogP contribution in [0, 0.1) is 3.57 Å². The molecule has 0 unspecified atom stereocenters. The van der Waals surface area contributed by atoms with Crippen LogP contribution in [0.2, 0.25) is 0 Å². The number of carbonyl (C=O) groups excluding carboxylic acids is 1. The van der Waals surface area contributed by atoms with Gasteiger partial charge in [-0.05, 0) is 46.2 Å². The fourth-order valence-corrected chi connectivity index (χ4v) is 1.84. The summed E-state index contributed by atoms with van der Waals surface area (Å²) in [6.45, 7) is 0. The molecule has 15 heavy (non-hydrogen) atoms. The first-order chi connectivity index (χ1) is 7.20. The van der Waals surface area contributed by atoms with E-state index in [0.29, 0.717) is 5.69 Å². The zero-order valence-corrected chi connectivity index (χ0v) is 10.2. The second-order valence-corrected chi connectivity index (χ2v) is 4.30. The van der Waals surface area contributed by atoms with E-state index < -0.39 is 5.97 Å². The molecular weight excluding hydrogens is 305 g/mol. The third-order valence-electron chi connectivity index (χ3n) is 2.08. The molecule has 1 heterocycles. The number of benzene rings is 1. The van der Waals surface area contributed by atoms with E-state index in [2.05, 4.69) is 32.3 Å². The van der Waals surface area contributed by atoms with Crippen LogP contribution < -0.4 is 0 Å². The molecule has 1 aromatic carbocycles. The van der Waals surface area contributed by atoms with Gasteiger partial charge in [0, 0.05) is 15.2 Å². The number of halogens is 1. The van der Waals surface area contributed by atoms with Crippen LogP contribution in [0.4, 0.5) is 0 Å². The van der Waals surface area contributed by atoms with Gasteiger partial charge in [0.1, 0.15) is 5.69 Å².